The van der Waals surface area contributed by atoms with E-state index in [1.807, 2.05) is 0 Å². The number of hydrogen-bond donors (Lipinski definition) is 1. The highest BCUT2D eigenvalue weighted by atomic mass is 35.5. The third-order valence-electron chi connectivity index (χ3n) is 2.27. The molecule has 0 bridgehead atoms. The summed E-state index contributed by atoms with van der Waals surface area (Å²) in [6, 6.07) is 0. The Bertz CT molecular complexity index is 128. The normalized spacial score (nSPS) is 11.6. The average Bonchev–Trinajstić information content (AvgIpc) is 2.00. The van der Waals surface area contributed by atoms with E-state index in [2.05, 4.69) is 32.7 Å². The summed E-state index contributed by atoms with van der Waals surface area (Å²) in [5, 5.41) is 4.04. The Morgan fingerprint density at radius 1 is 1.45 bits per heavy atom. The van der Waals surface area contributed by atoms with Crippen molar-refractivity contribution in [3.63, 3.8) is 0 Å². The second kappa shape index (κ2) is 4.78. The van der Waals surface area contributed by atoms with Crippen molar-refractivity contribution in [1.82, 2.24) is 5.32 Å². The van der Waals surface area contributed by atoms with Gasteiger partial charge in [0.2, 0.25) is 0 Å². The zero-order valence-corrected chi connectivity index (χ0v) is 8.46. The van der Waals surface area contributed by atoms with Crippen molar-refractivity contribution in [2.75, 3.05) is 6.54 Å². The fraction of sp³-hybridized carbons (Fsp3) is 0.778. The van der Waals surface area contributed by atoms with E-state index in [1.165, 1.54) is 0 Å². The third-order valence-corrected chi connectivity index (χ3v) is 2.40. The maximum atomic E-state index is 5.64. The van der Waals surface area contributed by atoms with Crippen molar-refractivity contribution in [3.8, 4) is 0 Å². The zero-order valence-electron chi connectivity index (χ0n) is 7.71. The fourth-order valence-electron chi connectivity index (χ4n) is 0.809. The second-order valence-electron chi connectivity index (χ2n) is 3.14. The van der Waals surface area contributed by atoms with Crippen molar-refractivity contribution in [2.45, 2.75) is 39.2 Å². The summed E-state index contributed by atoms with van der Waals surface area (Å²) in [5.74, 6) is 0. The van der Waals surface area contributed by atoms with Crippen LogP contribution in [0, 0.1) is 0 Å². The van der Waals surface area contributed by atoms with Crippen LogP contribution in [0.4, 0.5) is 0 Å². The molecule has 0 saturated heterocycles. The van der Waals surface area contributed by atoms with Gasteiger partial charge in [0.05, 0.1) is 0 Å². The van der Waals surface area contributed by atoms with Gasteiger partial charge in [-0.05, 0) is 19.8 Å². The minimum absolute atomic E-state index is 0.220. The Labute approximate surface area is 74.8 Å². The van der Waals surface area contributed by atoms with Crippen LogP contribution in [0.15, 0.2) is 11.6 Å². The van der Waals surface area contributed by atoms with E-state index >= 15 is 0 Å². The molecular formula is C9H18ClN. The van der Waals surface area contributed by atoms with Crippen LogP contribution in [0.5, 0.6) is 0 Å². The predicted molar refractivity (Wildman–Crippen MR) is 52.0 cm³/mol. The molecule has 66 valence electrons. The lowest BCUT2D eigenvalue weighted by molar-refractivity contribution is 0.345. The molecule has 0 unspecified atom stereocenters. The number of halogens is 1. The summed E-state index contributed by atoms with van der Waals surface area (Å²) in [6.07, 6.45) is 2.24. The van der Waals surface area contributed by atoms with E-state index in [1.54, 1.807) is 0 Å². The smallest absolute Gasteiger partial charge is 0.0312 e. The molecule has 0 atom stereocenters. The van der Waals surface area contributed by atoms with Crippen molar-refractivity contribution in [3.05, 3.63) is 11.6 Å². The molecule has 0 aliphatic carbocycles. The van der Waals surface area contributed by atoms with Crippen LogP contribution in [-0.4, -0.2) is 12.1 Å². The first kappa shape index (κ1) is 11.0. The monoisotopic (exact) mass is 175 g/mol. The summed E-state index contributed by atoms with van der Waals surface area (Å²) in [4.78, 5) is 0. The van der Waals surface area contributed by atoms with Crippen LogP contribution >= 0.6 is 11.6 Å². The van der Waals surface area contributed by atoms with Gasteiger partial charge in [-0.2, -0.15) is 0 Å². The zero-order chi connectivity index (χ0) is 8.91. The molecule has 0 aromatic carbocycles. The topological polar surface area (TPSA) is 12.0 Å². The maximum absolute atomic E-state index is 5.64. The summed E-state index contributed by atoms with van der Waals surface area (Å²) >= 11 is 5.64. The van der Waals surface area contributed by atoms with Crippen molar-refractivity contribution in [1.29, 1.82) is 0 Å². The van der Waals surface area contributed by atoms with Gasteiger partial charge < -0.3 is 5.32 Å². The van der Waals surface area contributed by atoms with Gasteiger partial charge >= 0.3 is 0 Å². The minimum atomic E-state index is 0.220. The molecule has 2 heteroatoms. The largest absolute Gasteiger partial charge is 0.307 e. The molecule has 0 radical (unpaired) electrons. The van der Waals surface area contributed by atoms with Gasteiger partial charge in [-0.25, -0.2) is 0 Å². The number of hydrogen-bond acceptors (Lipinski definition) is 1. The highest BCUT2D eigenvalue weighted by Crippen LogP contribution is 2.13. The standard InChI is InChI=1S/C9H18ClN/c1-5-9(4,6-2)11-7-8(3)10/h11H,3,5-7H2,1-2,4H3. The molecular weight excluding hydrogens is 158 g/mol. The number of nitrogens with one attached hydrogen (secondary N) is 1. The van der Waals surface area contributed by atoms with E-state index in [0.717, 1.165) is 12.8 Å². The first-order valence-corrected chi connectivity index (χ1v) is 4.50. The Morgan fingerprint density at radius 2 is 1.91 bits per heavy atom. The molecule has 0 aliphatic rings. The molecule has 0 aromatic rings. The summed E-state index contributed by atoms with van der Waals surface area (Å²) in [7, 11) is 0. The van der Waals surface area contributed by atoms with Gasteiger partial charge in [0.25, 0.3) is 0 Å². The minimum Gasteiger partial charge on any atom is -0.307 e. The summed E-state index contributed by atoms with van der Waals surface area (Å²) < 4.78 is 0. The van der Waals surface area contributed by atoms with Gasteiger partial charge in [0.15, 0.2) is 0 Å². The van der Waals surface area contributed by atoms with Crippen molar-refractivity contribution < 1.29 is 0 Å². The van der Waals surface area contributed by atoms with E-state index < -0.39 is 0 Å². The van der Waals surface area contributed by atoms with E-state index in [-0.39, 0.29) is 5.54 Å². The first-order chi connectivity index (χ1) is 5.04. The van der Waals surface area contributed by atoms with E-state index in [0.29, 0.717) is 11.6 Å². The SMILES string of the molecule is C=C(Cl)CNC(C)(CC)CC. The fourth-order valence-corrected chi connectivity index (χ4v) is 0.876. The van der Waals surface area contributed by atoms with Crippen LogP contribution in [-0.2, 0) is 0 Å². The Morgan fingerprint density at radius 3 is 2.18 bits per heavy atom. The van der Waals surface area contributed by atoms with Crippen LogP contribution in [0.1, 0.15) is 33.6 Å². The Hall–Kier alpha value is -0.0100. The lowest BCUT2D eigenvalue weighted by atomic mass is 9.96. The lowest BCUT2D eigenvalue weighted by Gasteiger charge is -2.28. The van der Waals surface area contributed by atoms with Crippen molar-refractivity contribution >= 4 is 11.6 Å². The average molecular weight is 176 g/mol. The Kier molecular flexibility index (Phi) is 4.78. The summed E-state index contributed by atoms with van der Waals surface area (Å²) in [5.41, 5.74) is 0.220. The van der Waals surface area contributed by atoms with Crippen LogP contribution in [0.2, 0.25) is 0 Å². The molecule has 0 rings (SSSR count). The van der Waals surface area contributed by atoms with Crippen LogP contribution in [0.3, 0.4) is 0 Å². The highest BCUT2D eigenvalue weighted by molar-refractivity contribution is 6.29. The Balaban J connectivity index is 3.78. The quantitative estimate of drug-likeness (QED) is 0.678. The van der Waals surface area contributed by atoms with Gasteiger partial charge in [-0.3, -0.25) is 0 Å². The van der Waals surface area contributed by atoms with Crippen molar-refractivity contribution in [2.24, 2.45) is 0 Å². The van der Waals surface area contributed by atoms with Crippen LogP contribution < -0.4 is 5.32 Å². The lowest BCUT2D eigenvalue weighted by Crippen LogP contribution is -2.41. The van der Waals surface area contributed by atoms with Gasteiger partial charge in [-0.15, -0.1) is 0 Å². The van der Waals surface area contributed by atoms with Gasteiger partial charge in [0.1, 0.15) is 0 Å². The van der Waals surface area contributed by atoms with Gasteiger partial charge in [-0.1, -0.05) is 32.0 Å². The molecule has 0 spiro atoms. The molecule has 0 amide bonds. The first-order valence-electron chi connectivity index (χ1n) is 4.12. The van der Waals surface area contributed by atoms with Crippen LogP contribution in [0.25, 0.3) is 0 Å². The third kappa shape index (κ3) is 4.44. The molecule has 1 nitrogen and oxygen atoms in total. The molecule has 0 saturated carbocycles. The van der Waals surface area contributed by atoms with E-state index in [4.69, 9.17) is 11.6 Å². The molecule has 11 heavy (non-hydrogen) atoms. The highest BCUT2D eigenvalue weighted by Gasteiger charge is 2.17. The second-order valence-corrected chi connectivity index (χ2v) is 3.67. The number of rotatable bonds is 5. The molecule has 0 fully saturated rings. The van der Waals surface area contributed by atoms with E-state index in [9.17, 15) is 0 Å². The molecule has 0 heterocycles. The van der Waals surface area contributed by atoms with Gasteiger partial charge in [0, 0.05) is 17.1 Å². The summed E-state index contributed by atoms with van der Waals surface area (Å²) in [6.45, 7) is 10.9. The molecule has 1 N–H and O–H groups in total. The predicted octanol–water partition coefficient (Wildman–Crippen LogP) is 2.91. The molecule has 0 aliphatic heterocycles. The maximum Gasteiger partial charge on any atom is 0.0312 e. The molecule has 0 aromatic heterocycles.